The van der Waals surface area contributed by atoms with Gasteiger partial charge < -0.3 is 0 Å². The van der Waals surface area contributed by atoms with Crippen molar-refractivity contribution in [3.05, 3.63) is 12.2 Å². The molecule has 0 saturated heterocycles. The average Bonchev–Trinajstić information content (AvgIpc) is 2.84. The van der Waals surface area contributed by atoms with Gasteiger partial charge in [0.05, 0.1) is 6.61 Å². The van der Waals surface area contributed by atoms with Gasteiger partial charge in [0.1, 0.15) is 0 Å². The molecule has 1 unspecified atom stereocenters. The van der Waals surface area contributed by atoms with E-state index in [1.165, 1.54) is 141 Å². The zero-order valence-electron chi connectivity index (χ0n) is 24.2. The monoisotopic (exact) mass is 530 g/mol. The van der Waals surface area contributed by atoms with Gasteiger partial charge in [0, 0.05) is 5.92 Å². The topological polar surface area (TPSA) is 63.6 Å². The highest BCUT2D eigenvalue weighted by molar-refractivity contribution is 7.80. The van der Waals surface area contributed by atoms with Crippen LogP contribution in [0.5, 0.6) is 0 Å². The predicted octanol–water partition coefficient (Wildman–Crippen LogP) is 10.8. The zero-order chi connectivity index (χ0) is 26.6. The summed E-state index contributed by atoms with van der Waals surface area (Å²) in [6, 6.07) is 0. The quantitative estimate of drug-likeness (QED) is 0.0593. The van der Waals surface area contributed by atoms with Crippen LogP contribution in [-0.2, 0) is 14.6 Å². The minimum absolute atomic E-state index is 0.0458. The molecule has 0 aromatic heterocycles. The minimum Gasteiger partial charge on any atom is -0.264 e. The SMILES string of the molecule is CCCCCCCCCCCCCCCCCC/C=C/C(CCCCCCCCC)COS(=O)(=O)O. The molecular formula is C31H62O4S. The lowest BCUT2D eigenvalue weighted by Gasteiger charge is -2.12. The Hall–Kier alpha value is -0.390. The summed E-state index contributed by atoms with van der Waals surface area (Å²) in [5.41, 5.74) is 0. The molecule has 0 bridgehead atoms. The molecule has 0 fully saturated rings. The Labute approximate surface area is 226 Å². The van der Waals surface area contributed by atoms with Gasteiger partial charge in [-0.2, -0.15) is 8.42 Å². The highest BCUT2D eigenvalue weighted by Crippen LogP contribution is 2.17. The fraction of sp³-hybridized carbons (Fsp3) is 0.935. The van der Waals surface area contributed by atoms with Crippen molar-refractivity contribution >= 4 is 10.4 Å². The van der Waals surface area contributed by atoms with Crippen LogP contribution in [0.3, 0.4) is 0 Å². The van der Waals surface area contributed by atoms with Gasteiger partial charge in [0.15, 0.2) is 0 Å². The molecular weight excluding hydrogens is 468 g/mol. The molecule has 0 spiro atoms. The molecule has 1 atom stereocenters. The van der Waals surface area contributed by atoms with Gasteiger partial charge in [-0.15, -0.1) is 0 Å². The van der Waals surface area contributed by atoms with Crippen LogP contribution in [-0.4, -0.2) is 19.6 Å². The fourth-order valence-electron chi connectivity index (χ4n) is 4.87. The Morgan fingerprint density at radius 2 is 0.944 bits per heavy atom. The van der Waals surface area contributed by atoms with Crippen LogP contribution in [0.4, 0.5) is 0 Å². The highest BCUT2D eigenvalue weighted by atomic mass is 32.3. The normalized spacial score (nSPS) is 13.1. The molecule has 216 valence electrons. The highest BCUT2D eigenvalue weighted by Gasteiger charge is 2.11. The molecule has 0 radical (unpaired) electrons. The van der Waals surface area contributed by atoms with Crippen molar-refractivity contribution in [3.8, 4) is 0 Å². The summed E-state index contributed by atoms with van der Waals surface area (Å²) in [6.45, 7) is 4.55. The van der Waals surface area contributed by atoms with E-state index in [-0.39, 0.29) is 12.5 Å². The van der Waals surface area contributed by atoms with E-state index >= 15 is 0 Å². The Morgan fingerprint density at radius 1 is 0.583 bits per heavy atom. The van der Waals surface area contributed by atoms with Crippen LogP contribution in [0.1, 0.15) is 174 Å². The van der Waals surface area contributed by atoms with Crippen molar-refractivity contribution in [2.45, 2.75) is 174 Å². The Kier molecular flexibility index (Phi) is 27.3. The van der Waals surface area contributed by atoms with Crippen molar-refractivity contribution in [3.63, 3.8) is 0 Å². The summed E-state index contributed by atoms with van der Waals surface area (Å²) in [4.78, 5) is 0. The van der Waals surface area contributed by atoms with Crippen molar-refractivity contribution < 1.29 is 17.2 Å². The van der Waals surface area contributed by atoms with Crippen molar-refractivity contribution in [1.82, 2.24) is 0 Å². The Morgan fingerprint density at radius 3 is 1.33 bits per heavy atom. The number of unbranched alkanes of at least 4 members (excludes halogenated alkanes) is 22. The minimum atomic E-state index is -4.36. The maximum absolute atomic E-state index is 11.0. The van der Waals surface area contributed by atoms with Crippen molar-refractivity contribution in [2.24, 2.45) is 5.92 Å². The van der Waals surface area contributed by atoms with Crippen LogP contribution in [0.25, 0.3) is 0 Å². The molecule has 0 aliphatic rings. The van der Waals surface area contributed by atoms with E-state index in [0.717, 1.165) is 19.3 Å². The summed E-state index contributed by atoms with van der Waals surface area (Å²) >= 11 is 0. The third-order valence-electron chi connectivity index (χ3n) is 7.24. The second kappa shape index (κ2) is 27.6. The van der Waals surface area contributed by atoms with Crippen molar-refractivity contribution in [2.75, 3.05) is 6.61 Å². The smallest absolute Gasteiger partial charge is 0.264 e. The van der Waals surface area contributed by atoms with Crippen LogP contribution in [0.15, 0.2) is 12.2 Å². The van der Waals surface area contributed by atoms with E-state index in [0.29, 0.717) is 0 Å². The lowest BCUT2D eigenvalue weighted by molar-refractivity contribution is 0.234. The van der Waals surface area contributed by atoms with Gasteiger partial charge in [-0.1, -0.05) is 167 Å². The molecule has 0 rings (SSSR count). The fourth-order valence-corrected chi connectivity index (χ4v) is 5.22. The Bertz CT molecular complexity index is 559. The first-order valence-electron chi connectivity index (χ1n) is 15.8. The molecule has 0 amide bonds. The largest absolute Gasteiger partial charge is 0.397 e. The molecule has 5 heteroatoms. The first-order valence-corrected chi connectivity index (χ1v) is 17.1. The molecule has 0 aromatic rings. The number of hydrogen-bond acceptors (Lipinski definition) is 3. The third kappa shape index (κ3) is 29.8. The summed E-state index contributed by atoms with van der Waals surface area (Å²) < 4.78 is 35.5. The molecule has 1 N–H and O–H groups in total. The summed E-state index contributed by atoms with van der Waals surface area (Å²) in [7, 11) is -4.36. The molecule has 4 nitrogen and oxygen atoms in total. The average molecular weight is 531 g/mol. The second-order valence-electron chi connectivity index (χ2n) is 10.9. The molecule has 0 aromatic carbocycles. The number of rotatable bonds is 29. The van der Waals surface area contributed by atoms with Crippen molar-refractivity contribution in [1.29, 1.82) is 0 Å². The van der Waals surface area contributed by atoms with Gasteiger partial charge in [-0.25, -0.2) is 4.18 Å². The third-order valence-corrected chi connectivity index (χ3v) is 7.68. The molecule has 36 heavy (non-hydrogen) atoms. The first-order chi connectivity index (χ1) is 17.5. The standard InChI is InChI=1S/C31H62O4S/c1-3-5-7-9-11-12-13-14-15-16-17-18-19-20-21-23-25-27-29-31(30-35-36(32,33)34)28-26-24-22-10-8-6-4-2/h27,29,31H,3-26,28,30H2,1-2H3,(H,32,33,34)/b29-27+. The Balaban J connectivity index is 3.69. The maximum Gasteiger partial charge on any atom is 0.397 e. The molecule has 0 aliphatic carbocycles. The van der Waals surface area contributed by atoms with Gasteiger partial charge in [-0.3, -0.25) is 4.55 Å². The van der Waals surface area contributed by atoms with Gasteiger partial charge in [0.2, 0.25) is 0 Å². The van der Waals surface area contributed by atoms with Gasteiger partial charge >= 0.3 is 10.4 Å². The van der Waals surface area contributed by atoms with Crippen LogP contribution in [0.2, 0.25) is 0 Å². The lowest BCUT2D eigenvalue weighted by atomic mass is 9.99. The van der Waals surface area contributed by atoms with Gasteiger partial charge in [0.25, 0.3) is 0 Å². The lowest BCUT2D eigenvalue weighted by Crippen LogP contribution is -2.12. The molecule has 0 heterocycles. The molecule has 0 saturated carbocycles. The summed E-state index contributed by atoms with van der Waals surface area (Å²) in [5.74, 6) is 0.0589. The predicted molar refractivity (Wildman–Crippen MR) is 157 cm³/mol. The van der Waals surface area contributed by atoms with Crippen LogP contribution in [0, 0.1) is 5.92 Å². The number of hydrogen-bond donors (Lipinski definition) is 1. The van der Waals surface area contributed by atoms with Crippen LogP contribution >= 0.6 is 0 Å². The van der Waals surface area contributed by atoms with E-state index in [1.807, 2.05) is 0 Å². The maximum atomic E-state index is 11.0. The van der Waals surface area contributed by atoms with E-state index in [4.69, 9.17) is 4.55 Å². The van der Waals surface area contributed by atoms with E-state index in [1.54, 1.807) is 0 Å². The van der Waals surface area contributed by atoms with E-state index < -0.39 is 10.4 Å². The second-order valence-corrected chi connectivity index (χ2v) is 12.0. The first kappa shape index (κ1) is 35.6. The van der Waals surface area contributed by atoms with Gasteiger partial charge in [-0.05, 0) is 19.3 Å². The summed E-state index contributed by atoms with van der Waals surface area (Å²) in [5, 5.41) is 0. The van der Waals surface area contributed by atoms with E-state index in [9.17, 15) is 8.42 Å². The van der Waals surface area contributed by atoms with Crippen LogP contribution < -0.4 is 0 Å². The van der Waals surface area contributed by atoms with E-state index in [2.05, 4.69) is 30.2 Å². The molecule has 0 aliphatic heterocycles. The number of allylic oxidation sites excluding steroid dienone is 1. The zero-order valence-corrected chi connectivity index (χ0v) is 25.0. The summed E-state index contributed by atoms with van der Waals surface area (Å²) in [6.07, 6.45) is 37.0.